The molecule has 1 saturated heterocycles. The van der Waals surface area contributed by atoms with Crippen molar-refractivity contribution in [2.75, 3.05) is 53.7 Å². The van der Waals surface area contributed by atoms with Gasteiger partial charge in [0.05, 0.1) is 18.4 Å². The van der Waals surface area contributed by atoms with Crippen LogP contribution in [-0.2, 0) is 6.42 Å². The first-order valence-electron chi connectivity index (χ1n) is 13.1. The lowest BCUT2D eigenvalue weighted by molar-refractivity contribution is 0.0943. The van der Waals surface area contributed by atoms with Crippen molar-refractivity contribution in [3.63, 3.8) is 0 Å². The summed E-state index contributed by atoms with van der Waals surface area (Å²) in [6, 6.07) is 20.9. The summed E-state index contributed by atoms with van der Waals surface area (Å²) in [6.07, 6.45) is 0.940. The zero-order valence-electron chi connectivity index (χ0n) is 22.6. The number of nitrogens with zero attached hydrogens (tertiary/aromatic N) is 2. The number of anilines is 4. The zero-order valence-corrected chi connectivity index (χ0v) is 22.6. The minimum Gasteiger partial charge on any atom is -0.495 e. The summed E-state index contributed by atoms with van der Waals surface area (Å²) in [5.74, 6) is 0.689. The lowest BCUT2D eigenvalue weighted by Gasteiger charge is -2.38. The number of hydrogen-bond acceptors (Lipinski definition) is 5. The minimum absolute atomic E-state index is 0.0104. The average Bonchev–Trinajstić information content (AvgIpc) is 2.93. The molecule has 4 rings (SSSR count). The highest BCUT2D eigenvalue weighted by molar-refractivity contribution is 6.04. The van der Waals surface area contributed by atoms with Gasteiger partial charge in [-0.1, -0.05) is 31.2 Å². The molecule has 0 unspecified atom stereocenters. The third-order valence-corrected chi connectivity index (χ3v) is 6.59. The van der Waals surface area contributed by atoms with Gasteiger partial charge >= 0.3 is 6.03 Å². The van der Waals surface area contributed by atoms with Crippen LogP contribution in [-0.4, -0.2) is 51.3 Å². The second-order valence-corrected chi connectivity index (χ2v) is 9.64. The number of benzene rings is 3. The van der Waals surface area contributed by atoms with E-state index < -0.39 is 0 Å². The molecule has 1 aliphatic rings. The number of carbonyl (C=O) groups excluding carboxylic acids is 2. The predicted octanol–water partition coefficient (Wildman–Crippen LogP) is 5.37. The molecular weight excluding hydrogens is 478 g/mol. The molecule has 0 bridgehead atoms. The molecule has 0 aliphatic carbocycles. The van der Waals surface area contributed by atoms with Crippen LogP contribution < -0.4 is 30.5 Å². The maximum Gasteiger partial charge on any atom is 0.323 e. The van der Waals surface area contributed by atoms with E-state index in [-0.39, 0.29) is 18.0 Å². The van der Waals surface area contributed by atoms with E-state index in [9.17, 15) is 9.59 Å². The Bertz CT molecular complexity index is 1250. The Morgan fingerprint density at radius 1 is 0.842 bits per heavy atom. The summed E-state index contributed by atoms with van der Waals surface area (Å²) < 4.78 is 5.54. The van der Waals surface area contributed by atoms with Gasteiger partial charge in [0.1, 0.15) is 5.75 Å². The van der Waals surface area contributed by atoms with Crippen LogP contribution in [0.4, 0.5) is 27.5 Å². The van der Waals surface area contributed by atoms with Gasteiger partial charge in [0.25, 0.3) is 5.91 Å². The highest BCUT2D eigenvalue weighted by atomic mass is 16.5. The first kappa shape index (κ1) is 26.9. The molecule has 8 nitrogen and oxygen atoms in total. The number of urea groups is 1. The second-order valence-electron chi connectivity index (χ2n) is 9.64. The van der Waals surface area contributed by atoms with Crippen molar-refractivity contribution in [2.24, 2.45) is 0 Å². The number of nitrogens with one attached hydrogen (secondary N) is 3. The zero-order chi connectivity index (χ0) is 27.1. The van der Waals surface area contributed by atoms with Crippen LogP contribution in [0, 0.1) is 0 Å². The second kappa shape index (κ2) is 12.4. The molecule has 3 amide bonds. The molecule has 3 aromatic rings. The fourth-order valence-corrected chi connectivity index (χ4v) is 4.61. The first-order valence-corrected chi connectivity index (χ1v) is 13.1. The topological polar surface area (TPSA) is 85.9 Å². The van der Waals surface area contributed by atoms with Gasteiger partial charge in [0.2, 0.25) is 0 Å². The fourth-order valence-electron chi connectivity index (χ4n) is 4.61. The Morgan fingerprint density at radius 3 is 2.08 bits per heavy atom. The summed E-state index contributed by atoms with van der Waals surface area (Å²) in [7, 11) is 1.69. The summed E-state index contributed by atoms with van der Waals surface area (Å²) in [4.78, 5) is 30.4. The van der Waals surface area contributed by atoms with Crippen LogP contribution in [0.5, 0.6) is 5.75 Å². The Morgan fingerprint density at radius 2 is 1.45 bits per heavy atom. The van der Waals surface area contributed by atoms with Gasteiger partial charge in [-0.15, -0.1) is 0 Å². The molecule has 0 radical (unpaired) electrons. The molecule has 3 aromatic carbocycles. The van der Waals surface area contributed by atoms with Gasteiger partial charge < -0.3 is 30.5 Å². The third-order valence-electron chi connectivity index (χ3n) is 6.59. The number of ether oxygens (including phenoxy) is 1. The number of piperazine rings is 1. The predicted molar refractivity (Wildman–Crippen MR) is 155 cm³/mol. The van der Waals surface area contributed by atoms with Gasteiger partial charge in [0.15, 0.2) is 0 Å². The lowest BCUT2D eigenvalue weighted by Crippen LogP contribution is -2.47. The highest BCUT2D eigenvalue weighted by Crippen LogP contribution is 2.31. The van der Waals surface area contributed by atoms with Crippen molar-refractivity contribution in [1.29, 1.82) is 0 Å². The molecule has 1 fully saturated rings. The number of para-hydroxylation sites is 2. The molecule has 1 aliphatic heterocycles. The van der Waals surface area contributed by atoms with E-state index in [1.807, 2.05) is 68.4 Å². The number of carbonyl (C=O) groups is 2. The Hall–Kier alpha value is -4.20. The number of hydrogen-bond donors (Lipinski definition) is 3. The molecule has 0 atom stereocenters. The van der Waals surface area contributed by atoms with Gasteiger partial charge in [-0.25, -0.2) is 4.79 Å². The van der Waals surface area contributed by atoms with E-state index in [0.717, 1.165) is 49.7 Å². The van der Waals surface area contributed by atoms with E-state index in [2.05, 4.69) is 38.7 Å². The molecule has 200 valence electrons. The van der Waals surface area contributed by atoms with E-state index in [1.165, 1.54) is 5.56 Å². The van der Waals surface area contributed by atoms with E-state index >= 15 is 0 Å². The van der Waals surface area contributed by atoms with Crippen molar-refractivity contribution in [3.8, 4) is 5.75 Å². The molecule has 3 N–H and O–H groups in total. The Balaban J connectivity index is 1.49. The van der Waals surface area contributed by atoms with Crippen LogP contribution in [0.15, 0.2) is 66.7 Å². The van der Waals surface area contributed by atoms with Crippen LogP contribution in [0.3, 0.4) is 0 Å². The van der Waals surface area contributed by atoms with E-state index in [4.69, 9.17) is 4.74 Å². The standard InChI is InChI=1S/C30H37N5O3/c1-5-22-10-12-23(13-11-22)32-30(37)33-24-14-15-26(25(20-24)29(36)31-21(2)3)34-16-18-35(19-17-34)27-8-6-7-9-28(27)38-4/h6-15,20-21H,5,16-19H2,1-4H3,(H,31,36)(H2,32,33,37). The van der Waals surface area contributed by atoms with Crippen molar-refractivity contribution >= 4 is 34.7 Å². The first-order chi connectivity index (χ1) is 18.4. The van der Waals surface area contributed by atoms with Gasteiger partial charge in [0, 0.05) is 49.3 Å². The normalized spacial score (nSPS) is 13.3. The van der Waals surface area contributed by atoms with Crippen molar-refractivity contribution in [2.45, 2.75) is 33.2 Å². The fraction of sp³-hybridized carbons (Fsp3) is 0.333. The van der Waals surface area contributed by atoms with Crippen LogP contribution in [0.1, 0.15) is 36.7 Å². The SMILES string of the molecule is CCc1ccc(NC(=O)Nc2ccc(N3CCN(c4ccccc4OC)CC3)c(C(=O)NC(C)C)c2)cc1. The summed E-state index contributed by atoms with van der Waals surface area (Å²) in [5.41, 5.74) is 4.93. The molecular formula is C30H37N5O3. The molecule has 0 aromatic heterocycles. The Kier molecular flexibility index (Phi) is 8.73. The van der Waals surface area contributed by atoms with E-state index in [0.29, 0.717) is 16.9 Å². The maximum atomic E-state index is 13.2. The van der Waals surface area contributed by atoms with Gasteiger partial charge in [-0.2, -0.15) is 0 Å². The minimum atomic E-state index is -0.359. The Labute approximate surface area is 225 Å². The third kappa shape index (κ3) is 6.56. The lowest BCUT2D eigenvalue weighted by atomic mass is 10.1. The van der Waals surface area contributed by atoms with Crippen LogP contribution in [0.25, 0.3) is 0 Å². The smallest absolute Gasteiger partial charge is 0.323 e. The molecule has 38 heavy (non-hydrogen) atoms. The molecule has 0 saturated carbocycles. The highest BCUT2D eigenvalue weighted by Gasteiger charge is 2.24. The van der Waals surface area contributed by atoms with Crippen LogP contribution in [0.2, 0.25) is 0 Å². The van der Waals surface area contributed by atoms with E-state index in [1.54, 1.807) is 13.2 Å². The monoisotopic (exact) mass is 515 g/mol. The summed E-state index contributed by atoms with van der Waals surface area (Å²) in [6.45, 7) is 9.05. The summed E-state index contributed by atoms with van der Waals surface area (Å²) >= 11 is 0. The quantitative estimate of drug-likeness (QED) is 0.376. The van der Waals surface area contributed by atoms with Gasteiger partial charge in [-0.05, 0) is 68.3 Å². The van der Waals surface area contributed by atoms with Gasteiger partial charge in [-0.3, -0.25) is 4.79 Å². The van der Waals surface area contributed by atoms with Crippen LogP contribution >= 0.6 is 0 Å². The van der Waals surface area contributed by atoms with Crippen molar-refractivity contribution < 1.29 is 14.3 Å². The van der Waals surface area contributed by atoms with Crippen molar-refractivity contribution in [1.82, 2.24) is 5.32 Å². The number of rotatable bonds is 8. The maximum absolute atomic E-state index is 13.2. The molecule has 0 spiro atoms. The largest absolute Gasteiger partial charge is 0.495 e. The average molecular weight is 516 g/mol. The number of amides is 3. The summed E-state index contributed by atoms with van der Waals surface area (Å²) in [5, 5.41) is 8.72. The molecule has 1 heterocycles. The van der Waals surface area contributed by atoms with Crippen molar-refractivity contribution in [3.05, 3.63) is 77.9 Å². The molecule has 8 heteroatoms. The number of methoxy groups -OCH3 is 1. The number of aryl methyl sites for hydroxylation is 1.